The summed E-state index contributed by atoms with van der Waals surface area (Å²) in [5.74, 6) is 1.48. The Morgan fingerprint density at radius 3 is 2.33 bits per heavy atom. The summed E-state index contributed by atoms with van der Waals surface area (Å²) in [5.41, 5.74) is 2.56. The average molecular weight is 419 g/mol. The van der Waals surface area contributed by atoms with Crippen LogP contribution < -0.4 is 14.4 Å². The molecule has 5 nitrogen and oxygen atoms in total. The summed E-state index contributed by atoms with van der Waals surface area (Å²) < 4.78 is 11.8. The second-order valence-corrected chi connectivity index (χ2v) is 7.65. The van der Waals surface area contributed by atoms with Crippen molar-refractivity contribution in [3.63, 3.8) is 0 Å². The lowest BCUT2D eigenvalue weighted by atomic mass is 10.1. The van der Waals surface area contributed by atoms with Crippen LogP contribution in [0.1, 0.15) is 12.5 Å². The molecule has 4 rings (SSSR count). The van der Waals surface area contributed by atoms with Crippen LogP contribution in [0, 0.1) is 0 Å². The van der Waals surface area contributed by atoms with Crippen molar-refractivity contribution in [1.82, 2.24) is 4.98 Å². The van der Waals surface area contributed by atoms with E-state index in [1.54, 1.807) is 12.0 Å². The van der Waals surface area contributed by atoms with Gasteiger partial charge in [0, 0.05) is 0 Å². The average Bonchev–Trinajstić information content (AvgIpc) is 3.19. The quantitative estimate of drug-likeness (QED) is 0.391. The maximum absolute atomic E-state index is 13.4. The van der Waals surface area contributed by atoms with E-state index in [9.17, 15) is 4.79 Å². The molecule has 0 saturated heterocycles. The van der Waals surface area contributed by atoms with E-state index in [1.807, 2.05) is 79.7 Å². The zero-order valence-corrected chi connectivity index (χ0v) is 17.7. The molecule has 30 heavy (non-hydrogen) atoms. The van der Waals surface area contributed by atoms with Gasteiger partial charge >= 0.3 is 0 Å². The highest BCUT2D eigenvalue weighted by Crippen LogP contribution is 2.34. The number of carbonyl (C=O) groups is 1. The van der Waals surface area contributed by atoms with E-state index < -0.39 is 0 Å². The minimum absolute atomic E-state index is 0.0524. The standard InChI is InChI=1S/C24H22N2O3S/c1-3-29-20-14-10-18(11-15-20)26(24-25-21-6-4-5-7-22(21)30-24)23(27)16-17-8-12-19(28-2)13-9-17/h4-15H,3,16H2,1-2H3. The molecule has 0 N–H and O–H groups in total. The van der Waals surface area contributed by atoms with Gasteiger partial charge in [-0.25, -0.2) is 4.98 Å². The van der Waals surface area contributed by atoms with Crippen LogP contribution in [-0.4, -0.2) is 24.6 Å². The Bertz CT molecular complexity index is 1100. The normalized spacial score (nSPS) is 10.7. The molecule has 0 atom stereocenters. The molecule has 0 radical (unpaired) electrons. The molecule has 152 valence electrons. The monoisotopic (exact) mass is 418 g/mol. The van der Waals surface area contributed by atoms with Gasteiger partial charge in [-0.15, -0.1) is 0 Å². The summed E-state index contributed by atoms with van der Waals surface area (Å²) in [7, 11) is 1.63. The molecule has 0 spiro atoms. The molecule has 6 heteroatoms. The Morgan fingerprint density at radius 2 is 1.67 bits per heavy atom. The molecule has 1 amide bonds. The number of thiazole rings is 1. The van der Waals surface area contributed by atoms with Crippen LogP contribution in [-0.2, 0) is 11.2 Å². The first-order chi connectivity index (χ1) is 14.7. The van der Waals surface area contributed by atoms with Gasteiger partial charge in [-0.3, -0.25) is 9.69 Å². The summed E-state index contributed by atoms with van der Waals surface area (Å²) in [4.78, 5) is 19.8. The van der Waals surface area contributed by atoms with E-state index >= 15 is 0 Å². The third kappa shape index (κ3) is 4.28. The van der Waals surface area contributed by atoms with Crippen molar-refractivity contribution < 1.29 is 14.3 Å². The van der Waals surface area contributed by atoms with E-state index in [4.69, 9.17) is 14.5 Å². The van der Waals surface area contributed by atoms with Gasteiger partial charge < -0.3 is 9.47 Å². The molecule has 4 aromatic rings. The van der Waals surface area contributed by atoms with Crippen molar-refractivity contribution in [3.8, 4) is 11.5 Å². The Balaban J connectivity index is 1.69. The number of anilines is 2. The molecule has 1 aromatic heterocycles. The number of hydrogen-bond acceptors (Lipinski definition) is 5. The minimum atomic E-state index is -0.0524. The van der Waals surface area contributed by atoms with Crippen LogP contribution in [0.5, 0.6) is 11.5 Å². The van der Waals surface area contributed by atoms with Crippen molar-refractivity contribution in [2.75, 3.05) is 18.6 Å². The van der Waals surface area contributed by atoms with Crippen LogP contribution >= 0.6 is 11.3 Å². The van der Waals surface area contributed by atoms with E-state index in [2.05, 4.69) is 0 Å². The maximum atomic E-state index is 13.4. The lowest BCUT2D eigenvalue weighted by molar-refractivity contribution is -0.117. The molecule has 0 saturated carbocycles. The topological polar surface area (TPSA) is 51.7 Å². The Kier molecular flexibility index (Phi) is 5.95. The minimum Gasteiger partial charge on any atom is -0.497 e. The number of para-hydroxylation sites is 1. The number of carbonyl (C=O) groups excluding carboxylic acids is 1. The fourth-order valence-corrected chi connectivity index (χ4v) is 4.18. The van der Waals surface area contributed by atoms with E-state index in [1.165, 1.54) is 11.3 Å². The molecule has 0 aliphatic rings. The predicted octanol–water partition coefficient (Wildman–Crippen LogP) is 5.61. The fourth-order valence-electron chi connectivity index (χ4n) is 3.17. The van der Waals surface area contributed by atoms with Gasteiger partial charge in [0.25, 0.3) is 0 Å². The highest BCUT2D eigenvalue weighted by Gasteiger charge is 2.22. The number of rotatable bonds is 7. The number of nitrogens with zero attached hydrogens (tertiary/aromatic N) is 2. The Morgan fingerprint density at radius 1 is 0.967 bits per heavy atom. The number of fused-ring (bicyclic) bond motifs is 1. The summed E-state index contributed by atoms with van der Waals surface area (Å²) in [6.45, 7) is 2.54. The van der Waals surface area contributed by atoms with Gasteiger partial charge in [0.1, 0.15) is 11.5 Å². The van der Waals surface area contributed by atoms with Gasteiger partial charge in [0.2, 0.25) is 5.91 Å². The second kappa shape index (κ2) is 8.97. The molecule has 0 bridgehead atoms. The van der Waals surface area contributed by atoms with Crippen LogP contribution in [0.15, 0.2) is 72.8 Å². The highest BCUT2D eigenvalue weighted by atomic mass is 32.1. The lowest BCUT2D eigenvalue weighted by Gasteiger charge is -2.20. The molecule has 3 aromatic carbocycles. The Labute approximate surface area is 179 Å². The molecular weight excluding hydrogens is 396 g/mol. The first kappa shape index (κ1) is 19.9. The first-order valence-electron chi connectivity index (χ1n) is 9.72. The molecule has 0 fully saturated rings. The zero-order chi connectivity index (χ0) is 20.9. The molecular formula is C24H22N2O3S. The number of ether oxygens (including phenoxy) is 2. The number of aromatic nitrogens is 1. The van der Waals surface area contributed by atoms with Crippen molar-refractivity contribution in [1.29, 1.82) is 0 Å². The van der Waals surface area contributed by atoms with Crippen LogP contribution in [0.4, 0.5) is 10.8 Å². The van der Waals surface area contributed by atoms with Gasteiger partial charge in [0.15, 0.2) is 5.13 Å². The summed E-state index contributed by atoms with van der Waals surface area (Å²) in [6, 6.07) is 23.0. The van der Waals surface area contributed by atoms with E-state index in [-0.39, 0.29) is 12.3 Å². The summed E-state index contributed by atoms with van der Waals surface area (Å²) in [6.07, 6.45) is 0.257. The highest BCUT2D eigenvalue weighted by molar-refractivity contribution is 7.22. The molecule has 0 aliphatic carbocycles. The van der Waals surface area contributed by atoms with Crippen molar-refractivity contribution in [3.05, 3.63) is 78.4 Å². The fraction of sp³-hybridized carbons (Fsp3) is 0.167. The molecule has 0 unspecified atom stereocenters. The number of benzene rings is 3. The van der Waals surface area contributed by atoms with Crippen LogP contribution in [0.2, 0.25) is 0 Å². The van der Waals surface area contributed by atoms with Crippen molar-refractivity contribution in [2.45, 2.75) is 13.3 Å². The maximum Gasteiger partial charge on any atom is 0.237 e. The number of amides is 1. The predicted molar refractivity (Wildman–Crippen MR) is 121 cm³/mol. The van der Waals surface area contributed by atoms with Crippen molar-refractivity contribution in [2.24, 2.45) is 0 Å². The number of hydrogen-bond donors (Lipinski definition) is 0. The van der Waals surface area contributed by atoms with Gasteiger partial charge in [0.05, 0.1) is 36.0 Å². The van der Waals surface area contributed by atoms with Crippen molar-refractivity contribution >= 4 is 38.3 Å². The largest absolute Gasteiger partial charge is 0.497 e. The zero-order valence-electron chi connectivity index (χ0n) is 16.9. The third-order valence-corrected chi connectivity index (χ3v) is 5.67. The lowest BCUT2D eigenvalue weighted by Crippen LogP contribution is -2.27. The first-order valence-corrected chi connectivity index (χ1v) is 10.5. The van der Waals surface area contributed by atoms with Crippen LogP contribution in [0.25, 0.3) is 10.2 Å². The molecule has 1 heterocycles. The summed E-state index contributed by atoms with van der Waals surface area (Å²) in [5, 5.41) is 0.652. The van der Waals surface area contributed by atoms with Gasteiger partial charge in [-0.2, -0.15) is 0 Å². The number of methoxy groups -OCH3 is 1. The third-order valence-electron chi connectivity index (χ3n) is 4.64. The SMILES string of the molecule is CCOc1ccc(N(C(=O)Cc2ccc(OC)cc2)c2nc3ccccc3s2)cc1. The van der Waals surface area contributed by atoms with E-state index in [0.29, 0.717) is 11.7 Å². The Hall–Kier alpha value is -3.38. The summed E-state index contributed by atoms with van der Waals surface area (Å²) >= 11 is 1.50. The van der Waals surface area contributed by atoms with Gasteiger partial charge in [-0.05, 0) is 61.0 Å². The molecule has 0 aliphatic heterocycles. The van der Waals surface area contributed by atoms with E-state index in [0.717, 1.165) is 33.0 Å². The smallest absolute Gasteiger partial charge is 0.237 e. The van der Waals surface area contributed by atoms with Gasteiger partial charge in [-0.1, -0.05) is 35.6 Å². The van der Waals surface area contributed by atoms with Crippen LogP contribution in [0.3, 0.4) is 0 Å². The second-order valence-electron chi connectivity index (χ2n) is 6.65.